The predicted molar refractivity (Wildman–Crippen MR) is 75.7 cm³/mol. The van der Waals surface area contributed by atoms with E-state index >= 15 is 0 Å². The van der Waals surface area contributed by atoms with Gasteiger partial charge in [-0.25, -0.2) is 14.2 Å². The van der Waals surface area contributed by atoms with Crippen LogP contribution in [0.25, 0.3) is 0 Å². The number of pyridine rings is 1. The number of hydrogen-bond acceptors (Lipinski definition) is 2. The third-order valence-electron chi connectivity index (χ3n) is 2.38. The minimum Gasteiger partial charge on any atom is -0.308 e. The lowest BCUT2D eigenvalue weighted by Crippen LogP contribution is -2.20. The van der Waals surface area contributed by atoms with Crippen molar-refractivity contribution in [2.45, 2.75) is 6.92 Å². The van der Waals surface area contributed by atoms with Crippen molar-refractivity contribution < 1.29 is 9.18 Å². The van der Waals surface area contributed by atoms with E-state index in [0.717, 1.165) is 0 Å². The molecule has 0 aliphatic rings. The van der Waals surface area contributed by atoms with Crippen LogP contribution < -0.4 is 10.6 Å². The van der Waals surface area contributed by atoms with E-state index in [1.807, 2.05) is 0 Å². The average Bonchev–Trinajstić information content (AvgIpc) is 2.33. The quantitative estimate of drug-likeness (QED) is 0.822. The second kappa shape index (κ2) is 5.79. The first-order valence-corrected chi connectivity index (χ1v) is 6.30. The molecule has 0 spiro atoms. The lowest BCUT2D eigenvalue weighted by Gasteiger charge is -2.09. The Bertz CT molecular complexity index is 619. The van der Waals surface area contributed by atoms with Gasteiger partial charge in [-0.1, -0.05) is 6.07 Å². The van der Waals surface area contributed by atoms with Crippen LogP contribution in [0, 0.1) is 12.7 Å². The molecular weight excluding hydrogens is 313 g/mol. The number of urea groups is 1. The van der Waals surface area contributed by atoms with Gasteiger partial charge >= 0.3 is 6.03 Å². The van der Waals surface area contributed by atoms with Crippen LogP contribution in [-0.4, -0.2) is 11.0 Å². The fourth-order valence-corrected chi connectivity index (χ4v) is 1.91. The first-order valence-electron chi connectivity index (χ1n) is 5.51. The van der Waals surface area contributed by atoms with Crippen molar-refractivity contribution in [3.05, 3.63) is 52.5 Å². The average molecular weight is 324 g/mol. The maximum absolute atomic E-state index is 13.0. The Morgan fingerprint density at radius 2 is 2.05 bits per heavy atom. The van der Waals surface area contributed by atoms with Crippen LogP contribution in [0.1, 0.15) is 5.69 Å². The van der Waals surface area contributed by atoms with Gasteiger partial charge in [-0.2, -0.15) is 0 Å². The summed E-state index contributed by atoms with van der Waals surface area (Å²) in [4.78, 5) is 15.9. The summed E-state index contributed by atoms with van der Waals surface area (Å²) in [5.74, 6) is -0.403. The van der Waals surface area contributed by atoms with E-state index < -0.39 is 11.8 Å². The zero-order valence-electron chi connectivity index (χ0n) is 10.1. The molecule has 0 aliphatic heterocycles. The van der Waals surface area contributed by atoms with Crippen LogP contribution in [0.4, 0.5) is 20.6 Å². The highest BCUT2D eigenvalue weighted by atomic mass is 79.9. The van der Waals surface area contributed by atoms with Crippen LogP contribution in [0.3, 0.4) is 0 Å². The number of benzene rings is 1. The second-order valence-corrected chi connectivity index (χ2v) is 4.67. The Morgan fingerprint density at radius 1 is 1.26 bits per heavy atom. The summed E-state index contributed by atoms with van der Waals surface area (Å²) in [7, 11) is 0. The number of carbonyl (C=O) groups excluding carboxylic acids is 1. The van der Waals surface area contributed by atoms with E-state index in [4.69, 9.17) is 0 Å². The topological polar surface area (TPSA) is 54.0 Å². The minimum atomic E-state index is -0.446. The summed E-state index contributed by atoms with van der Waals surface area (Å²) < 4.78 is 13.7. The number of aromatic nitrogens is 1. The number of carbonyl (C=O) groups is 1. The van der Waals surface area contributed by atoms with Gasteiger partial charge in [0.2, 0.25) is 0 Å². The number of rotatable bonds is 2. The molecule has 2 N–H and O–H groups in total. The molecule has 0 radical (unpaired) electrons. The van der Waals surface area contributed by atoms with E-state index in [-0.39, 0.29) is 0 Å². The number of anilines is 2. The molecule has 0 saturated heterocycles. The molecule has 0 fully saturated rings. The molecule has 0 aliphatic carbocycles. The fraction of sp³-hybridized carbons (Fsp3) is 0.0769. The Morgan fingerprint density at radius 3 is 2.74 bits per heavy atom. The van der Waals surface area contributed by atoms with Gasteiger partial charge in [0.15, 0.2) is 0 Å². The summed E-state index contributed by atoms with van der Waals surface area (Å²) in [6.07, 6.45) is 0. The zero-order chi connectivity index (χ0) is 13.8. The van der Waals surface area contributed by atoms with E-state index in [1.165, 1.54) is 18.2 Å². The summed E-state index contributed by atoms with van der Waals surface area (Å²) in [6.45, 7) is 1.78. The van der Waals surface area contributed by atoms with Crippen LogP contribution >= 0.6 is 15.9 Å². The Hall–Kier alpha value is -1.95. The molecule has 98 valence electrons. The van der Waals surface area contributed by atoms with Crippen molar-refractivity contribution in [2.24, 2.45) is 0 Å². The van der Waals surface area contributed by atoms with Gasteiger partial charge in [0, 0.05) is 5.69 Å². The molecule has 4 nitrogen and oxygen atoms in total. The Kier molecular flexibility index (Phi) is 4.11. The highest BCUT2D eigenvalue weighted by Crippen LogP contribution is 2.16. The molecule has 19 heavy (non-hydrogen) atoms. The largest absolute Gasteiger partial charge is 0.323 e. The molecule has 1 aromatic heterocycles. The van der Waals surface area contributed by atoms with Gasteiger partial charge in [-0.15, -0.1) is 0 Å². The van der Waals surface area contributed by atoms with Crippen LogP contribution in [-0.2, 0) is 0 Å². The van der Waals surface area contributed by atoms with Crippen LogP contribution in [0.15, 0.2) is 41.0 Å². The van der Waals surface area contributed by atoms with Gasteiger partial charge in [0.05, 0.1) is 11.4 Å². The first-order chi connectivity index (χ1) is 9.04. The summed E-state index contributed by atoms with van der Waals surface area (Å²) in [5.41, 5.74) is 1.67. The number of nitrogens with one attached hydrogen (secondary N) is 2. The van der Waals surface area contributed by atoms with Crippen molar-refractivity contribution in [2.75, 3.05) is 10.6 Å². The van der Waals surface area contributed by atoms with Gasteiger partial charge in [-0.3, -0.25) is 0 Å². The van der Waals surface area contributed by atoms with E-state index in [2.05, 4.69) is 31.5 Å². The van der Waals surface area contributed by atoms with E-state index in [1.54, 1.807) is 25.1 Å². The summed E-state index contributed by atoms with van der Waals surface area (Å²) in [5, 5.41) is 5.19. The second-order valence-electron chi connectivity index (χ2n) is 3.86. The Labute approximate surface area is 118 Å². The standard InChI is InChI=1S/C13H11BrFN3O/c1-8-11(5-6-12(14)16-8)18-13(19)17-10-4-2-3-9(15)7-10/h2-7H,1H3,(H2,17,18,19). The van der Waals surface area contributed by atoms with Gasteiger partial charge in [0.25, 0.3) is 0 Å². The molecule has 1 aromatic carbocycles. The maximum Gasteiger partial charge on any atom is 0.323 e. The van der Waals surface area contributed by atoms with Crippen LogP contribution in [0.2, 0.25) is 0 Å². The molecule has 2 rings (SSSR count). The fourth-order valence-electron chi connectivity index (χ4n) is 1.51. The number of aryl methyl sites for hydroxylation is 1. The van der Waals surface area contributed by atoms with Crippen molar-refractivity contribution in [3.8, 4) is 0 Å². The lowest BCUT2D eigenvalue weighted by atomic mass is 10.3. The molecule has 0 unspecified atom stereocenters. The zero-order valence-corrected chi connectivity index (χ0v) is 11.7. The molecule has 6 heteroatoms. The first kappa shape index (κ1) is 13.5. The van der Waals surface area contributed by atoms with Gasteiger partial charge in [0.1, 0.15) is 10.4 Å². The van der Waals surface area contributed by atoms with Crippen molar-refractivity contribution in [1.82, 2.24) is 4.98 Å². The molecule has 2 aromatic rings. The van der Waals surface area contributed by atoms with Crippen molar-refractivity contribution >= 4 is 33.3 Å². The van der Waals surface area contributed by atoms with Crippen molar-refractivity contribution in [1.29, 1.82) is 0 Å². The number of halogens is 2. The van der Waals surface area contributed by atoms with E-state index in [9.17, 15) is 9.18 Å². The molecule has 1 heterocycles. The highest BCUT2D eigenvalue weighted by Gasteiger charge is 2.06. The number of nitrogens with zero attached hydrogens (tertiary/aromatic N) is 1. The highest BCUT2D eigenvalue weighted by molar-refractivity contribution is 9.10. The lowest BCUT2D eigenvalue weighted by molar-refractivity contribution is 0.262. The monoisotopic (exact) mass is 323 g/mol. The molecule has 0 bridgehead atoms. The van der Waals surface area contributed by atoms with Gasteiger partial charge in [-0.05, 0) is 53.2 Å². The van der Waals surface area contributed by atoms with E-state index in [0.29, 0.717) is 21.7 Å². The predicted octanol–water partition coefficient (Wildman–Crippen LogP) is 3.94. The molecule has 0 atom stereocenters. The molecule has 0 saturated carbocycles. The summed E-state index contributed by atoms with van der Waals surface area (Å²) in [6, 6.07) is 8.70. The van der Waals surface area contributed by atoms with Gasteiger partial charge < -0.3 is 10.6 Å². The SMILES string of the molecule is Cc1nc(Br)ccc1NC(=O)Nc1cccc(F)c1. The third-order valence-corrected chi connectivity index (χ3v) is 2.82. The smallest absolute Gasteiger partial charge is 0.308 e. The third kappa shape index (κ3) is 3.75. The molecular formula is C13H11BrFN3O. The minimum absolute atomic E-state index is 0.389. The molecule has 2 amide bonds. The number of amides is 2. The maximum atomic E-state index is 13.0. The normalized spacial score (nSPS) is 10.1. The van der Waals surface area contributed by atoms with Crippen LogP contribution in [0.5, 0.6) is 0 Å². The summed E-state index contributed by atoms with van der Waals surface area (Å²) >= 11 is 3.24. The number of hydrogen-bond donors (Lipinski definition) is 2. The van der Waals surface area contributed by atoms with Crippen molar-refractivity contribution in [3.63, 3.8) is 0 Å². The Balaban J connectivity index is 2.05.